The summed E-state index contributed by atoms with van der Waals surface area (Å²) in [5, 5.41) is 6.32. The Labute approximate surface area is 126 Å². The van der Waals surface area contributed by atoms with Gasteiger partial charge in [-0.3, -0.25) is 4.79 Å². The van der Waals surface area contributed by atoms with Crippen LogP contribution < -0.4 is 10.6 Å². The summed E-state index contributed by atoms with van der Waals surface area (Å²) < 4.78 is 5.00. The first-order valence-electron chi connectivity index (χ1n) is 6.82. The van der Waals surface area contributed by atoms with Crippen LogP contribution in [0.3, 0.4) is 0 Å². The summed E-state index contributed by atoms with van der Waals surface area (Å²) in [6.45, 7) is 1.00. The van der Waals surface area contributed by atoms with Crippen LogP contribution >= 0.6 is 11.6 Å². The molecule has 2 aromatic rings. The Morgan fingerprint density at radius 1 is 1.38 bits per heavy atom. The van der Waals surface area contributed by atoms with Gasteiger partial charge in [0.15, 0.2) is 5.76 Å². The van der Waals surface area contributed by atoms with Crippen LogP contribution in [0.15, 0.2) is 28.9 Å². The second kappa shape index (κ2) is 6.13. The molecule has 0 saturated heterocycles. The Kier molecular flexibility index (Phi) is 4.06. The van der Waals surface area contributed by atoms with Crippen molar-refractivity contribution in [1.29, 1.82) is 0 Å². The molecule has 1 aliphatic rings. The van der Waals surface area contributed by atoms with Crippen molar-refractivity contribution in [1.82, 2.24) is 15.3 Å². The predicted molar refractivity (Wildman–Crippen MR) is 78.5 cm³/mol. The maximum absolute atomic E-state index is 11.6. The monoisotopic (exact) mass is 306 g/mol. The lowest BCUT2D eigenvalue weighted by Gasteiger charge is -2.08. The van der Waals surface area contributed by atoms with Crippen molar-refractivity contribution in [3.63, 3.8) is 0 Å². The topological polar surface area (TPSA) is 80.0 Å². The zero-order valence-corrected chi connectivity index (χ0v) is 12.1. The van der Waals surface area contributed by atoms with Crippen molar-refractivity contribution in [2.24, 2.45) is 0 Å². The second-order valence-corrected chi connectivity index (χ2v) is 5.26. The van der Waals surface area contributed by atoms with E-state index in [0.717, 1.165) is 18.7 Å². The number of hydrogen-bond acceptors (Lipinski definition) is 5. The van der Waals surface area contributed by atoms with E-state index in [-0.39, 0.29) is 5.91 Å². The molecule has 0 radical (unpaired) electrons. The number of hydrogen-bond donors (Lipinski definition) is 2. The van der Waals surface area contributed by atoms with E-state index < -0.39 is 0 Å². The number of nitrogens with one attached hydrogen (secondary N) is 2. The molecule has 1 aliphatic carbocycles. The van der Waals surface area contributed by atoms with Crippen molar-refractivity contribution < 1.29 is 9.21 Å². The van der Waals surface area contributed by atoms with Gasteiger partial charge in [-0.15, -0.1) is 0 Å². The van der Waals surface area contributed by atoms with Crippen molar-refractivity contribution in [2.75, 3.05) is 18.4 Å². The Balaban J connectivity index is 1.48. The summed E-state index contributed by atoms with van der Waals surface area (Å²) in [7, 11) is 0. The number of furan rings is 1. The van der Waals surface area contributed by atoms with Crippen LogP contribution in [-0.4, -0.2) is 29.0 Å². The van der Waals surface area contributed by atoms with Gasteiger partial charge in [0.2, 0.25) is 0 Å². The highest BCUT2D eigenvalue weighted by molar-refractivity contribution is 6.29. The zero-order valence-electron chi connectivity index (χ0n) is 11.3. The van der Waals surface area contributed by atoms with E-state index in [1.165, 1.54) is 6.26 Å². The molecule has 0 aliphatic heterocycles. The fourth-order valence-corrected chi connectivity index (χ4v) is 2.10. The van der Waals surface area contributed by atoms with Crippen LogP contribution in [-0.2, 0) is 0 Å². The largest absolute Gasteiger partial charge is 0.459 e. The van der Waals surface area contributed by atoms with Gasteiger partial charge in [-0.1, -0.05) is 11.6 Å². The molecule has 0 unspecified atom stereocenters. The van der Waals surface area contributed by atoms with Gasteiger partial charge in [0.25, 0.3) is 5.91 Å². The summed E-state index contributed by atoms with van der Waals surface area (Å²) in [5.41, 5.74) is 0. The highest BCUT2D eigenvalue weighted by atomic mass is 35.5. The first-order valence-corrected chi connectivity index (χ1v) is 7.20. The Hall–Kier alpha value is -2.08. The maximum atomic E-state index is 11.6. The van der Waals surface area contributed by atoms with Crippen LogP contribution in [0.2, 0.25) is 5.15 Å². The number of carbonyl (C=O) groups is 1. The lowest BCUT2D eigenvalue weighted by atomic mass is 10.4. The van der Waals surface area contributed by atoms with Crippen LogP contribution in [0.25, 0.3) is 0 Å². The first-order chi connectivity index (χ1) is 10.2. The minimum atomic E-state index is -0.235. The Morgan fingerprint density at radius 2 is 2.24 bits per heavy atom. The number of anilines is 1. The standard InChI is InChI=1S/C14H15ClN4O2/c15-11-8-12(19-13(18-11)9-3-4-9)16-5-6-17-14(20)10-2-1-7-21-10/h1-2,7-9H,3-6H2,(H,17,20)(H,16,18,19). The predicted octanol–water partition coefficient (Wildman–Crippen LogP) is 2.44. The highest BCUT2D eigenvalue weighted by Crippen LogP contribution is 2.38. The van der Waals surface area contributed by atoms with Gasteiger partial charge in [-0.05, 0) is 25.0 Å². The molecule has 1 fully saturated rings. The molecule has 110 valence electrons. The van der Waals surface area contributed by atoms with E-state index in [2.05, 4.69) is 20.6 Å². The van der Waals surface area contributed by atoms with E-state index in [0.29, 0.717) is 35.7 Å². The van der Waals surface area contributed by atoms with Gasteiger partial charge in [0, 0.05) is 25.1 Å². The fraction of sp³-hybridized carbons (Fsp3) is 0.357. The summed E-state index contributed by atoms with van der Waals surface area (Å²) >= 11 is 5.98. The Morgan fingerprint density at radius 3 is 2.95 bits per heavy atom. The third-order valence-corrected chi connectivity index (χ3v) is 3.31. The number of amides is 1. The van der Waals surface area contributed by atoms with E-state index in [1.807, 2.05) is 0 Å². The minimum absolute atomic E-state index is 0.235. The number of nitrogens with zero attached hydrogens (tertiary/aromatic N) is 2. The van der Waals surface area contributed by atoms with Crippen molar-refractivity contribution in [3.05, 3.63) is 41.2 Å². The van der Waals surface area contributed by atoms with Gasteiger partial charge in [-0.25, -0.2) is 9.97 Å². The first kappa shape index (κ1) is 13.9. The summed E-state index contributed by atoms with van der Waals surface area (Å²) in [6, 6.07) is 4.98. The number of carbonyl (C=O) groups excluding carboxylic acids is 1. The smallest absolute Gasteiger partial charge is 0.287 e. The SMILES string of the molecule is O=C(NCCNc1cc(Cl)nc(C2CC2)n1)c1ccco1. The molecule has 7 heteroatoms. The molecule has 1 amide bonds. The number of halogens is 1. The summed E-state index contributed by atoms with van der Waals surface area (Å²) in [6.07, 6.45) is 3.72. The summed E-state index contributed by atoms with van der Waals surface area (Å²) in [4.78, 5) is 20.3. The van der Waals surface area contributed by atoms with Crippen LogP contribution in [0.5, 0.6) is 0 Å². The summed E-state index contributed by atoms with van der Waals surface area (Å²) in [5.74, 6) is 1.99. The fourth-order valence-electron chi connectivity index (χ4n) is 1.91. The van der Waals surface area contributed by atoms with E-state index in [9.17, 15) is 4.79 Å². The average molecular weight is 307 g/mol. The molecule has 6 nitrogen and oxygen atoms in total. The lowest BCUT2D eigenvalue weighted by Crippen LogP contribution is -2.28. The quantitative estimate of drug-likeness (QED) is 0.633. The molecule has 0 atom stereocenters. The Bertz CT molecular complexity index is 626. The van der Waals surface area contributed by atoms with Crippen LogP contribution in [0.1, 0.15) is 35.1 Å². The normalized spacial score (nSPS) is 14.0. The van der Waals surface area contributed by atoms with Gasteiger partial charge in [0.05, 0.1) is 6.26 Å². The second-order valence-electron chi connectivity index (χ2n) is 4.87. The van der Waals surface area contributed by atoms with Crippen molar-refractivity contribution >= 4 is 23.3 Å². The molecule has 2 heterocycles. The molecule has 2 N–H and O–H groups in total. The lowest BCUT2D eigenvalue weighted by molar-refractivity contribution is 0.0927. The molecule has 2 aromatic heterocycles. The van der Waals surface area contributed by atoms with Crippen LogP contribution in [0, 0.1) is 0 Å². The third kappa shape index (κ3) is 3.72. The maximum Gasteiger partial charge on any atom is 0.287 e. The molecular formula is C14H15ClN4O2. The molecule has 3 rings (SSSR count). The molecule has 21 heavy (non-hydrogen) atoms. The van der Waals surface area contributed by atoms with Crippen molar-refractivity contribution in [3.8, 4) is 0 Å². The van der Waals surface area contributed by atoms with Gasteiger partial charge >= 0.3 is 0 Å². The molecule has 0 aromatic carbocycles. The van der Waals surface area contributed by atoms with Gasteiger partial charge in [0.1, 0.15) is 16.8 Å². The average Bonchev–Trinajstić information content (AvgIpc) is 3.18. The van der Waals surface area contributed by atoms with E-state index in [4.69, 9.17) is 16.0 Å². The molecule has 0 spiro atoms. The highest BCUT2D eigenvalue weighted by Gasteiger charge is 2.27. The molecule has 0 bridgehead atoms. The zero-order chi connectivity index (χ0) is 14.7. The van der Waals surface area contributed by atoms with Gasteiger partial charge in [-0.2, -0.15) is 0 Å². The minimum Gasteiger partial charge on any atom is -0.459 e. The van der Waals surface area contributed by atoms with Gasteiger partial charge < -0.3 is 15.1 Å². The van der Waals surface area contributed by atoms with E-state index in [1.54, 1.807) is 18.2 Å². The van der Waals surface area contributed by atoms with E-state index >= 15 is 0 Å². The third-order valence-electron chi connectivity index (χ3n) is 3.12. The van der Waals surface area contributed by atoms with Crippen molar-refractivity contribution in [2.45, 2.75) is 18.8 Å². The molecular weight excluding hydrogens is 292 g/mol. The number of rotatable bonds is 6. The number of aromatic nitrogens is 2. The molecule has 1 saturated carbocycles. The van der Waals surface area contributed by atoms with Crippen LogP contribution in [0.4, 0.5) is 5.82 Å².